The molecule has 0 radical (unpaired) electrons. The number of aromatic nitrogens is 2. The number of aryl methyl sites for hydroxylation is 1. The van der Waals surface area contributed by atoms with Crippen molar-refractivity contribution < 1.29 is 4.52 Å². The summed E-state index contributed by atoms with van der Waals surface area (Å²) >= 11 is 1.69. The minimum absolute atomic E-state index is 0. The number of aliphatic imine (C=N–C) groups is 1. The summed E-state index contributed by atoms with van der Waals surface area (Å²) in [5.74, 6) is 2.03. The van der Waals surface area contributed by atoms with Crippen molar-refractivity contribution in [2.75, 3.05) is 6.54 Å². The summed E-state index contributed by atoms with van der Waals surface area (Å²) in [6.45, 7) is 10.4. The molecule has 140 valence electrons. The Labute approximate surface area is 170 Å². The van der Waals surface area contributed by atoms with Crippen molar-refractivity contribution in [3.05, 3.63) is 33.6 Å². The summed E-state index contributed by atoms with van der Waals surface area (Å²) < 4.78 is 5.42. The highest BCUT2D eigenvalue weighted by Gasteiger charge is 2.12. The fourth-order valence-corrected chi connectivity index (χ4v) is 3.19. The Kier molecular flexibility index (Phi) is 10.0. The normalized spacial score (nSPS) is 11.5. The first-order valence-corrected chi connectivity index (χ1v) is 9.36. The van der Waals surface area contributed by atoms with Crippen molar-refractivity contribution in [3.63, 3.8) is 0 Å². The fourth-order valence-electron chi connectivity index (χ4n) is 2.46. The summed E-state index contributed by atoms with van der Waals surface area (Å²) in [4.78, 5) is 10.0. The van der Waals surface area contributed by atoms with E-state index < -0.39 is 0 Å². The van der Waals surface area contributed by atoms with Crippen LogP contribution in [0.25, 0.3) is 0 Å². The van der Waals surface area contributed by atoms with Crippen LogP contribution in [-0.4, -0.2) is 22.6 Å². The van der Waals surface area contributed by atoms with Gasteiger partial charge in [0.1, 0.15) is 6.54 Å². The molecular formula is C17H28IN5OS. The molecule has 0 bridgehead atoms. The second kappa shape index (κ2) is 11.5. The highest BCUT2D eigenvalue weighted by atomic mass is 127. The molecule has 2 N–H and O–H groups in total. The van der Waals surface area contributed by atoms with Crippen molar-refractivity contribution in [3.8, 4) is 0 Å². The van der Waals surface area contributed by atoms with Crippen molar-refractivity contribution in [2.24, 2.45) is 4.99 Å². The molecule has 6 nitrogen and oxygen atoms in total. The lowest BCUT2D eigenvalue weighted by Crippen LogP contribution is -2.36. The monoisotopic (exact) mass is 477 g/mol. The van der Waals surface area contributed by atoms with Crippen LogP contribution in [0.2, 0.25) is 0 Å². The zero-order chi connectivity index (χ0) is 17.4. The number of rotatable bonds is 8. The van der Waals surface area contributed by atoms with Crippen LogP contribution in [-0.2, 0) is 13.1 Å². The van der Waals surface area contributed by atoms with Gasteiger partial charge in [-0.1, -0.05) is 19.0 Å². The molecule has 2 aromatic rings. The van der Waals surface area contributed by atoms with E-state index >= 15 is 0 Å². The number of nitrogens with zero attached hydrogens (tertiary/aromatic N) is 3. The van der Waals surface area contributed by atoms with Crippen LogP contribution < -0.4 is 10.6 Å². The van der Waals surface area contributed by atoms with Crippen LogP contribution in [0.5, 0.6) is 0 Å². The molecule has 2 rings (SSSR count). The smallest absolute Gasteiger partial charge is 0.191 e. The first-order valence-electron chi connectivity index (χ1n) is 8.55. The maximum atomic E-state index is 5.42. The third kappa shape index (κ3) is 6.93. The van der Waals surface area contributed by atoms with Crippen LogP contribution in [0, 0.1) is 6.92 Å². The lowest BCUT2D eigenvalue weighted by molar-refractivity contribution is 0.372. The molecule has 0 fully saturated rings. The number of hydrogen-bond donors (Lipinski definition) is 2. The molecular weight excluding hydrogens is 449 g/mol. The minimum Gasteiger partial charge on any atom is -0.359 e. The van der Waals surface area contributed by atoms with Gasteiger partial charge in [-0.2, -0.15) is 0 Å². The Morgan fingerprint density at radius 3 is 2.64 bits per heavy atom. The topological polar surface area (TPSA) is 75.3 Å². The zero-order valence-corrected chi connectivity index (χ0v) is 18.5. The molecule has 0 spiro atoms. The third-order valence-corrected chi connectivity index (χ3v) is 4.73. The van der Waals surface area contributed by atoms with E-state index in [0.29, 0.717) is 19.0 Å². The molecule has 8 heteroatoms. The van der Waals surface area contributed by atoms with Gasteiger partial charge in [0.05, 0.1) is 17.2 Å². The second-order valence-corrected chi connectivity index (χ2v) is 6.95. The van der Waals surface area contributed by atoms with Gasteiger partial charge in [-0.15, -0.1) is 35.3 Å². The molecule has 0 aliphatic heterocycles. The van der Waals surface area contributed by atoms with E-state index in [1.54, 1.807) is 11.3 Å². The highest BCUT2D eigenvalue weighted by molar-refractivity contribution is 14.0. The predicted octanol–water partition coefficient (Wildman–Crippen LogP) is 4.22. The Balaban J connectivity index is 0.00000312. The zero-order valence-electron chi connectivity index (χ0n) is 15.3. The summed E-state index contributed by atoms with van der Waals surface area (Å²) in [6, 6.07) is 2.03. The lowest BCUT2D eigenvalue weighted by atomic mass is 9.99. The average Bonchev–Trinajstić information content (AvgIpc) is 3.21. The minimum atomic E-state index is 0. The van der Waals surface area contributed by atoms with E-state index in [9.17, 15) is 0 Å². The molecule has 0 saturated heterocycles. The quantitative estimate of drug-likeness (QED) is 0.339. The molecule has 0 saturated carbocycles. The molecule has 2 aromatic heterocycles. The van der Waals surface area contributed by atoms with Gasteiger partial charge in [-0.25, -0.2) is 9.98 Å². The first-order chi connectivity index (χ1) is 11.7. The predicted molar refractivity (Wildman–Crippen MR) is 114 cm³/mol. The fraction of sp³-hybridized carbons (Fsp3) is 0.588. The maximum absolute atomic E-state index is 5.42. The van der Waals surface area contributed by atoms with E-state index in [1.807, 2.05) is 26.1 Å². The van der Waals surface area contributed by atoms with E-state index in [-0.39, 0.29) is 24.0 Å². The number of hydrogen-bond acceptors (Lipinski definition) is 5. The lowest BCUT2D eigenvalue weighted by Gasteiger charge is -2.09. The van der Waals surface area contributed by atoms with Crippen LogP contribution in [0.15, 0.2) is 21.8 Å². The van der Waals surface area contributed by atoms with Gasteiger partial charge >= 0.3 is 0 Å². The number of guanidine groups is 1. The van der Waals surface area contributed by atoms with Gasteiger partial charge in [-0.3, -0.25) is 0 Å². The molecule has 0 aliphatic rings. The van der Waals surface area contributed by atoms with Crippen LogP contribution in [0.4, 0.5) is 0 Å². The standard InChI is InChI=1S/C17H27N5OS.HI/c1-5-13(6-2)16-8-14(23-22-16)9-20-17(18-7-3)21-11-15-10-19-12(4)24-15;/h8,10,13H,5-7,9,11H2,1-4H3,(H2,18,20,21);1H. The second-order valence-electron chi connectivity index (χ2n) is 5.63. The molecule has 0 amide bonds. The summed E-state index contributed by atoms with van der Waals surface area (Å²) in [7, 11) is 0. The van der Waals surface area contributed by atoms with Crippen molar-refractivity contribution in [2.45, 2.75) is 59.5 Å². The van der Waals surface area contributed by atoms with Crippen molar-refractivity contribution in [1.82, 2.24) is 20.8 Å². The summed E-state index contributed by atoms with van der Waals surface area (Å²) in [5.41, 5.74) is 1.03. The van der Waals surface area contributed by atoms with E-state index in [0.717, 1.165) is 41.8 Å². The third-order valence-electron chi connectivity index (χ3n) is 3.82. The Bertz CT molecular complexity index is 651. The molecule has 25 heavy (non-hydrogen) atoms. The van der Waals surface area contributed by atoms with Crippen LogP contribution >= 0.6 is 35.3 Å². The molecule has 2 heterocycles. The SMILES string of the molecule is CCNC(=NCc1cc(C(CC)CC)no1)NCc1cnc(C)s1.I. The molecule has 0 aromatic carbocycles. The Morgan fingerprint density at radius 1 is 1.28 bits per heavy atom. The van der Waals surface area contributed by atoms with Crippen LogP contribution in [0.1, 0.15) is 60.9 Å². The Morgan fingerprint density at radius 2 is 2.04 bits per heavy atom. The van der Waals surface area contributed by atoms with E-state index in [1.165, 1.54) is 4.88 Å². The van der Waals surface area contributed by atoms with Gasteiger partial charge in [0, 0.05) is 29.6 Å². The largest absolute Gasteiger partial charge is 0.359 e. The van der Waals surface area contributed by atoms with Crippen molar-refractivity contribution in [1.29, 1.82) is 0 Å². The van der Waals surface area contributed by atoms with Gasteiger partial charge in [0.15, 0.2) is 11.7 Å². The van der Waals surface area contributed by atoms with Crippen molar-refractivity contribution >= 4 is 41.3 Å². The number of halogens is 1. The van der Waals surface area contributed by atoms with E-state index in [4.69, 9.17) is 4.52 Å². The first kappa shape index (κ1) is 21.9. The summed E-state index contributed by atoms with van der Waals surface area (Å²) in [6.07, 6.45) is 4.04. The molecule has 0 unspecified atom stereocenters. The number of thiazole rings is 1. The summed E-state index contributed by atoms with van der Waals surface area (Å²) in [5, 5.41) is 11.8. The maximum Gasteiger partial charge on any atom is 0.191 e. The van der Waals surface area contributed by atoms with Gasteiger partial charge in [0.25, 0.3) is 0 Å². The van der Waals surface area contributed by atoms with Gasteiger partial charge in [0.2, 0.25) is 0 Å². The Hall–Kier alpha value is -1.16. The van der Waals surface area contributed by atoms with Crippen LogP contribution in [0.3, 0.4) is 0 Å². The highest BCUT2D eigenvalue weighted by Crippen LogP contribution is 2.22. The number of nitrogens with one attached hydrogen (secondary N) is 2. The van der Waals surface area contributed by atoms with Gasteiger partial charge < -0.3 is 15.2 Å². The van der Waals surface area contributed by atoms with Gasteiger partial charge in [-0.05, 0) is 26.7 Å². The molecule has 0 aliphatic carbocycles. The van der Waals surface area contributed by atoms with E-state index in [2.05, 4.69) is 39.6 Å². The molecule has 0 atom stereocenters. The average molecular weight is 477 g/mol.